The molecule has 1 aromatic carbocycles. The Labute approximate surface area is 92.4 Å². The van der Waals surface area contributed by atoms with E-state index < -0.39 is 0 Å². The summed E-state index contributed by atoms with van der Waals surface area (Å²) < 4.78 is 0. The highest BCUT2D eigenvalue weighted by Gasteiger charge is 2.00. The van der Waals surface area contributed by atoms with Crippen molar-refractivity contribution >= 4 is 29.2 Å². The van der Waals surface area contributed by atoms with Gasteiger partial charge in [0, 0.05) is 23.6 Å². The summed E-state index contributed by atoms with van der Waals surface area (Å²) in [5.74, 6) is 0. The third kappa shape index (κ3) is 3.44. The molecule has 0 aliphatic heterocycles. The SMILES string of the molecule is CNC(=O)NCc1cc(Cl)cc(Cl)c1. The van der Waals surface area contributed by atoms with Crippen molar-refractivity contribution in [1.82, 2.24) is 10.6 Å². The van der Waals surface area contributed by atoms with E-state index in [9.17, 15) is 4.79 Å². The van der Waals surface area contributed by atoms with E-state index in [-0.39, 0.29) is 6.03 Å². The molecule has 76 valence electrons. The maximum atomic E-state index is 10.9. The van der Waals surface area contributed by atoms with E-state index in [1.54, 1.807) is 25.2 Å². The molecule has 0 saturated carbocycles. The molecule has 5 heteroatoms. The van der Waals surface area contributed by atoms with Crippen LogP contribution in [-0.2, 0) is 6.54 Å². The predicted octanol–water partition coefficient (Wildman–Crippen LogP) is 2.42. The van der Waals surface area contributed by atoms with Gasteiger partial charge in [0.1, 0.15) is 0 Å². The van der Waals surface area contributed by atoms with Gasteiger partial charge in [-0.05, 0) is 23.8 Å². The van der Waals surface area contributed by atoms with E-state index >= 15 is 0 Å². The van der Waals surface area contributed by atoms with Gasteiger partial charge in [-0.1, -0.05) is 23.2 Å². The highest BCUT2D eigenvalue weighted by atomic mass is 35.5. The fourth-order valence-electron chi connectivity index (χ4n) is 0.984. The van der Waals surface area contributed by atoms with E-state index in [0.29, 0.717) is 16.6 Å². The smallest absolute Gasteiger partial charge is 0.314 e. The summed E-state index contributed by atoms with van der Waals surface area (Å²) in [6.45, 7) is 0.403. The number of benzene rings is 1. The van der Waals surface area contributed by atoms with Crippen molar-refractivity contribution in [1.29, 1.82) is 0 Å². The molecule has 2 amide bonds. The van der Waals surface area contributed by atoms with Crippen LogP contribution in [0.4, 0.5) is 4.79 Å². The Morgan fingerprint density at radius 3 is 2.36 bits per heavy atom. The molecule has 3 nitrogen and oxygen atoms in total. The van der Waals surface area contributed by atoms with Gasteiger partial charge in [-0.2, -0.15) is 0 Å². The third-order valence-corrected chi connectivity index (χ3v) is 2.04. The summed E-state index contributed by atoms with van der Waals surface area (Å²) in [5, 5.41) is 6.21. The van der Waals surface area contributed by atoms with Gasteiger partial charge in [0.25, 0.3) is 0 Å². The molecule has 0 fully saturated rings. The number of carbonyl (C=O) groups is 1. The van der Waals surface area contributed by atoms with Crippen LogP contribution in [0.3, 0.4) is 0 Å². The van der Waals surface area contributed by atoms with Gasteiger partial charge < -0.3 is 10.6 Å². The van der Waals surface area contributed by atoms with Crippen molar-refractivity contribution in [2.75, 3.05) is 7.05 Å². The number of nitrogens with one attached hydrogen (secondary N) is 2. The minimum Gasteiger partial charge on any atom is -0.341 e. The summed E-state index contributed by atoms with van der Waals surface area (Å²) >= 11 is 11.6. The molecule has 1 rings (SSSR count). The molecule has 0 aliphatic rings. The average molecular weight is 233 g/mol. The summed E-state index contributed by atoms with van der Waals surface area (Å²) in [7, 11) is 1.56. The number of hydrogen-bond donors (Lipinski definition) is 2. The maximum Gasteiger partial charge on any atom is 0.314 e. The van der Waals surface area contributed by atoms with Gasteiger partial charge >= 0.3 is 6.03 Å². The first-order chi connectivity index (χ1) is 6.61. The standard InChI is InChI=1S/C9H10Cl2N2O/c1-12-9(14)13-5-6-2-7(10)4-8(11)3-6/h2-4H,5H2,1H3,(H2,12,13,14). The lowest BCUT2D eigenvalue weighted by atomic mass is 10.2. The van der Waals surface area contributed by atoms with Crippen molar-refractivity contribution in [3.05, 3.63) is 33.8 Å². The Hall–Kier alpha value is -0.930. The summed E-state index contributed by atoms with van der Waals surface area (Å²) in [4.78, 5) is 10.9. The molecule has 0 unspecified atom stereocenters. The third-order valence-electron chi connectivity index (χ3n) is 1.60. The zero-order valence-corrected chi connectivity index (χ0v) is 9.12. The van der Waals surface area contributed by atoms with Crippen molar-refractivity contribution in [2.24, 2.45) is 0 Å². The Bertz CT molecular complexity index is 321. The molecule has 14 heavy (non-hydrogen) atoms. The van der Waals surface area contributed by atoms with E-state index in [0.717, 1.165) is 5.56 Å². The highest BCUT2D eigenvalue weighted by Crippen LogP contribution is 2.18. The zero-order chi connectivity index (χ0) is 10.6. The van der Waals surface area contributed by atoms with E-state index in [4.69, 9.17) is 23.2 Å². The topological polar surface area (TPSA) is 41.1 Å². The Morgan fingerprint density at radius 2 is 1.86 bits per heavy atom. The fourth-order valence-corrected chi connectivity index (χ4v) is 1.55. The molecule has 0 bridgehead atoms. The van der Waals surface area contributed by atoms with Crippen LogP contribution in [0, 0.1) is 0 Å². The maximum absolute atomic E-state index is 10.9. The predicted molar refractivity (Wildman–Crippen MR) is 57.8 cm³/mol. The van der Waals surface area contributed by atoms with Crippen LogP contribution in [0.15, 0.2) is 18.2 Å². The molecule has 0 atom stereocenters. The van der Waals surface area contributed by atoms with Crippen LogP contribution in [-0.4, -0.2) is 13.1 Å². The van der Waals surface area contributed by atoms with E-state index in [1.165, 1.54) is 0 Å². The molecule has 0 heterocycles. The van der Waals surface area contributed by atoms with Gasteiger partial charge in [0.05, 0.1) is 0 Å². The molecule has 0 radical (unpaired) electrons. The largest absolute Gasteiger partial charge is 0.341 e. The van der Waals surface area contributed by atoms with Crippen LogP contribution in [0.25, 0.3) is 0 Å². The number of amides is 2. The Kier molecular flexibility index (Phi) is 4.04. The second-order valence-corrected chi connectivity index (χ2v) is 3.58. The molecule has 1 aromatic rings. The highest BCUT2D eigenvalue weighted by molar-refractivity contribution is 6.34. The van der Waals surface area contributed by atoms with Gasteiger partial charge in [0.15, 0.2) is 0 Å². The van der Waals surface area contributed by atoms with Gasteiger partial charge in [-0.25, -0.2) is 4.79 Å². The lowest BCUT2D eigenvalue weighted by Gasteiger charge is -2.05. The second kappa shape index (κ2) is 5.08. The lowest BCUT2D eigenvalue weighted by molar-refractivity contribution is 0.242. The second-order valence-electron chi connectivity index (χ2n) is 2.71. The van der Waals surface area contributed by atoms with Crippen LogP contribution in [0.1, 0.15) is 5.56 Å². The van der Waals surface area contributed by atoms with Crippen molar-refractivity contribution < 1.29 is 4.79 Å². The first-order valence-corrected chi connectivity index (χ1v) is 4.78. The Morgan fingerprint density at radius 1 is 1.29 bits per heavy atom. The number of carbonyl (C=O) groups excluding carboxylic acids is 1. The van der Waals surface area contributed by atoms with Crippen LogP contribution >= 0.6 is 23.2 Å². The first-order valence-electron chi connectivity index (χ1n) is 4.02. The minimum atomic E-state index is -0.235. The molecule has 0 spiro atoms. The van der Waals surface area contributed by atoms with Gasteiger partial charge in [0.2, 0.25) is 0 Å². The summed E-state index contributed by atoms with van der Waals surface area (Å²) in [6.07, 6.45) is 0. The van der Waals surface area contributed by atoms with Gasteiger partial charge in [-0.3, -0.25) is 0 Å². The van der Waals surface area contributed by atoms with E-state index in [2.05, 4.69) is 10.6 Å². The number of urea groups is 1. The average Bonchev–Trinajstić information content (AvgIpc) is 2.12. The van der Waals surface area contributed by atoms with Crippen molar-refractivity contribution in [3.8, 4) is 0 Å². The first kappa shape index (κ1) is 11.1. The van der Waals surface area contributed by atoms with Crippen molar-refractivity contribution in [2.45, 2.75) is 6.54 Å². The fraction of sp³-hybridized carbons (Fsp3) is 0.222. The van der Waals surface area contributed by atoms with Crippen molar-refractivity contribution in [3.63, 3.8) is 0 Å². The minimum absolute atomic E-state index is 0.235. The molecule has 0 saturated heterocycles. The molecule has 0 aliphatic carbocycles. The summed E-state index contributed by atoms with van der Waals surface area (Å²) in [5.41, 5.74) is 0.867. The van der Waals surface area contributed by atoms with Gasteiger partial charge in [-0.15, -0.1) is 0 Å². The molecule has 2 N–H and O–H groups in total. The quantitative estimate of drug-likeness (QED) is 0.809. The number of hydrogen-bond acceptors (Lipinski definition) is 1. The molecule has 0 aromatic heterocycles. The number of halogens is 2. The normalized spacial score (nSPS) is 9.64. The van der Waals surface area contributed by atoms with Crippen LogP contribution in [0.5, 0.6) is 0 Å². The number of rotatable bonds is 2. The monoisotopic (exact) mass is 232 g/mol. The Balaban J connectivity index is 2.63. The molecular weight excluding hydrogens is 223 g/mol. The zero-order valence-electron chi connectivity index (χ0n) is 7.60. The summed E-state index contributed by atoms with van der Waals surface area (Å²) in [6, 6.07) is 4.92. The van der Waals surface area contributed by atoms with E-state index in [1.807, 2.05) is 0 Å². The molecular formula is C9H10Cl2N2O. The van der Waals surface area contributed by atoms with Crippen LogP contribution in [0.2, 0.25) is 10.0 Å². The van der Waals surface area contributed by atoms with Crippen LogP contribution < -0.4 is 10.6 Å². The lowest BCUT2D eigenvalue weighted by Crippen LogP contribution is -2.32.